The number of nitrogens with one attached hydrogen (secondary N) is 1. The number of ketones is 1. The maximum atomic E-state index is 12.5. The number of H-pyrrole nitrogens is 1. The first-order valence-electron chi connectivity index (χ1n) is 10.0. The highest BCUT2D eigenvalue weighted by Gasteiger charge is 2.37. The van der Waals surface area contributed by atoms with Gasteiger partial charge in [0.2, 0.25) is 0 Å². The third-order valence-corrected chi connectivity index (χ3v) is 5.76. The van der Waals surface area contributed by atoms with Crippen LogP contribution in [0.4, 0.5) is 0 Å². The van der Waals surface area contributed by atoms with Crippen LogP contribution in [0.15, 0.2) is 46.1 Å². The topological polar surface area (TPSA) is 107 Å². The summed E-state index contributed by atoms with van der Waals surface area (Å²) in [5.41, 5.74) is -0.154. The number of ether oxygens (including phenoxy) is 2. The molecule has 1 saturated heterocycles. The van der Waals surface area contributed by atoms with Gasteiger partial charge in [0.05, 0.1) is 0 Å². The predicted molar refractivity (Wildman–Crippen MR) is 119 cm³/mol. The van der Waals surface area contributed by atoms with Crippen molar-refractivity contribution < 1.29 is 19.1 Å². The fourth-order valence-corrected chi connectivity index (χ4v) is 3.99. The fraction of sp³-hybridized carbons (Fsp3) is 0.364. The largest absolute Gasteiger partial charge is 0.459 e. The van der Waals surface area contributed by atoms with Crippen molar-refractivity contribution in [2.45, 2.75) is 51.5 Å². The average molecular weight is 481 g/mol. The monoisotopic (exact) mass is 480 g/mol. The van der Waals surface area contributed by atoms with Gasteiger partial charge in [-0.3, -0.25) is 23.9 Å². The molecule has 3 atom stereocenters. The maximum Gasteiger partial charge on any atom is 0.330 e. The van der Waals surface area contributed by atoms with Gasteiger partial charge in [-0.1, -0.05) is 36.2 Å². The summed E-state index contributed by atoms with van der Waals surface area (Å²) in [6.45, 7) is 3.05. The molecule has 32 heavy (non-hydrogen) atoms. The molecule has 0 unspecified atom stereocenters. The second kappa shape index (κ2) is 10.3. The molecule has 0 aliphatic carbocycles. The molecule has 1 N–H and O–H groups in total. The molecule has 1 aliphatic heterocycles. The Labute approximate surface area is 193 Å². The second-order valence-electron chi connectivity index (χ2n) is 7.32. The number of carbonyl (C=O) groups excluding carboxylic acids is 2. The van der Waals surface area contributed by atoms with Crippen molar-refractivity contribution in [1.29, 1.82) is 0 Å². The highest BCUT2D eigenvalue weighted by atomic mass is 35.5. The lowest BCUT2D eigenvalue weighted by molar-refractivity contribution is -0.147. The van der Waals surface area contributed by atoms with E-state index in [2.05, 4.69) is 4.98 Å². The summed E-state index contributed by atoms with van der Waals surface area (Å²) in [6, 6.07) is 4.98. The quantitative estimate of drug-likeness (QED) is 0.482. The Morgan fingerprint density at radius 2 is 1.97 bits per heavy atom. The highest BCUT2D eigenvalue weighted by Crippen LogP contribution is 2.31. The fourth-order valence-electron chi connectivity index (χ4n) is 3.46. The Bertz CT molecular complexity index is 1150. The Hall–Kier alpha value is -2.68. The standard InChI is InChI=1S/C22H22Cl2N2O6/c1-3-13-11-26(22(30)25-21(13)29)20-10-19(31-12(2)27)18(32-20)8-7-14(28)9-15-16(23)5-4-6-17(15)24/h4-8,11,18-20H,3,9-10H2,1-2H3,(H,25,29,30)/t18-,19+,20-/m1/s1. The average Bonchev–Trinajstić information content (AvgIpc) is 3.11. The summed E-state index contributed by atoms with van der Waals surface area (Å²) in [6.07, 6.45) is 2.57. The van der Waals surface area contributed by atoms with E-state index in [1.807, 2.05) is 0 Å². The van der Waals surface area contributed by atoms with Crippen molar-refractivity contribution >= 4 is 35.0 Å². The first-order chi connectivity index (χ1) is 15.2. The molecule has 0 spiro atoms. The lowest BCUT2D eigenvalue weighted by Crippen LogP contribution is -2.34. The molecular weight excluding hydrogens is 459 g/mol. The zero-order chi connectivity index (χ0) is 23.4. The molecule has 10 heteroatoms. The number of rotatable bonds is 7. The molecule has 3 rings (SSSR count). The van der Waals surface area contributed by atoms with Crippen LogP contribution in [0.5, 0.6) is 0 Å². The van der Waals surface area contributed by atoms with Crippen LogP contribution >= 0.6 is 23.2 Å². The Morgan fingerprint density at radius 1 is 1.28 bits per heavy atom. The number of hydrogen-bond donors (Lipinski definition) is 1. The molecule has 1 aliphatic rings. The van der Waals surface area contributed by atoms with E-state index in [-0.39, 0.29) is 18.6 Å². The molecule has 2 aromatic rings. The first kappa shape index (κ1) is 24.0. The van der Waals surface area contributed by atoms with Crippen LogP contribution in [0.1, 0.15) is 37.6 Å². The SMILES string of the molecule is CCc1cn([C@H]2C[C@H](OC(C)=O)[C@@H](C=CC(=O)Cc3c(Cl)cccc3Cl)O2)c(=O)[nH]c1=O. The van der Waals surface area contributed by atoms with Crippen LogP contribution in [0.3, 0.4) is 0 Å². The number of aromatic nitrogens is 2. The lowest BCUT2D eigenvalue weighted by atomic mass is 10.1. The normalized spacial score (nSPS) is 20.6. The number of aryl methyl sites for hydroxylation is 1. The smallest absolute Gasteiger partial charge is 0.330 e. The van der Waals surface area contributed by atoms with E-state index in [4.69, 9.17) is 32.7 Å². The number of allylic oxidation sites excluding steroid dienone is 1. The van der Waals surface area contributed by atoms with E-state index in [1.165, 1.54) is 29.8 Å². The Morgan fingerprint density at radius 3 is 2.59 bits per heavy atom. The number of hydrogen-bond acceptors (Lipinski definition) is 6. The van der Waals surface area contributed by atoms with Gasteiger partial charge in [-0.25, -0.2) is 4.79 Å². The molecular formula is C22H22Cl2N2O6. The molecule has 170 valence electrons. The molecule has 1 aromatic carbocycles. The molecule has 1 fully saturated rings. The van der Waals surface area contributed by atoms with Crippen molar-refractivity contribution in [3.8, 4) is 0 Å². The number of nitrogens with zero attached hydrogens (tertiary/aromatic N) is 1. The molecule has 0 bridgehead atoms. The van der Waals surface area contributed by atoms with Crippen LogP contribution in [0.25, 0.3) is 0 Å². The van der Waals surface area contributed by atoms with E-state index >= 15 is 0 Å². The minimum Gasteiger partial charge on any atom is -0.459 e. The van der Waals surface area contributed by atoms with Crippen LogP contribution in [-0.2, 0) is 31.9 Å². The zero-order valence-corrected chi connectivity index (χ0v) is 19.0. The second-order valence-corrected chi connectivity index (χ2v) is 8.13. The summed E-state index contributed by atoms with van der Waals surface area (Å²) < 4.78 is 12.5. The van der Waals surface area contributed by atoms with Gasteiger partial charge in [0.15, 0.2) is 5.78 Å². The summed E-state index contributed by atoms with van der Waals surface area (Å²) in [5.74, 6) is -0.794. The van der Waals surface area contributed by atoms with Gasteiger partial charge in [0, 0.05) is 41.6 Å². The number of esters is 1. The van der Waals surface area contributed by atoms with Crippen LogP contribution in [0, 0.1) is 0 Å². The van der Waals surface area contributed by atoms with Crippen LogP contribution in [0.2, 0.25) is 10.0 Å². The molecule has 1 aromatic heterocycles. The lowest BCUT2D eigenvalue weighted by Gasteiger charge is -2.15. The predicted octanol–water partition coefficient (Wildman–Crippen LogP) is 2.99. The third kappa shape index (κ3) is 5.56. The zero-order valence-electron chi connectivity index (χ0n) is 17.5. The van der Waals surface area contributed by atoms with Gasteiger partial charge in [-0.15, -0.1) is 0 Å². The van der Waals surface area contributed by atoms with E-state index in [0.29, 0.717) is 27.6 Å². The van der Waals surface area contributed by atoms with Gasteiger partial charge in [0.1, 0.15) is 18.4 Å². The highest BCUT2D eigenvalue weighted by molar-refractivity contribution is 6.36. The summed E-state index contributed by atoms with van der Waals surface area (Å²) in [4.78, 5) is 50.4. The van der Waals surface area contributed by atoms with Gasteiger partial charge < -0.3 is 9.47 Å². The van der Waals surface area contributed by atoms with Crippen molar-refractivity contribution in [3.05, 3.63) is 78.6 Å². The Kier molecular flexibility index (Phi) is 7.71. The van der Waals surface area contributed by atoms with Gasteiger partial charge in [-0.05, 0) is 36.3 Å². The van der Waals surface area contributed by atoms with Gasteiger partial charge >= 0.3 is 11.7 Å². The van der Waals surface area contributed by atoms with Gasteiger partial charge in [0.25, 0.3) is 5.56 Å². The molecule has 0 amide bonds. The Balaban J connectivity index is 1.80. The summed E-state index contributed by atoms with van der Waals surface area (Å²) in [7, 11) is 0. The van der Waals surface area contributed by atoms with E-state index in [9.17, 15) is 19.2 Å². The van der Waals surface area contributed by atoms with E-state index < -0.39 is 35.7 Å². The number of benzene rings is 1. The summed E-state index contributed by atoms with van der Waals surface area (Å²) in [5, 5.41) is 0.775. The molecule has 0 saturated carbocycles. The summed E-state index contributed by atoms with van der Waals surface area (Å²) >= 11 is 12.2. The number of halogens is 2. The number of carbonyl (C=O) groups is 2. The molecule has 2 heterocycles. The van der Waals surface area contributed by atoms with E-state index in [1.54, 1.807) is 25.1 Å². The molecule has 0 radical (unpaired) electrons. The van der Waals surface area contributed by atoms with Crippen molar-refractivity contribution in [1.82, 2.24) is 9.55 Å². The van der Waals surface area contributed by atoms with Crippen molar-refractivity contribution in [3.63, 3.8) is 0 Å². The van der Waals surface area contributed by atoms with E-state index in [0.717, 1.165) is 0 Å². The van der Waals surface area contributed by atoms with Gasteiger partial charge in [-0.2, -0.15) is 0 Å². The van der Waals surface area contributed by atoms with Crippen molar-refractivity contribution in [2.24, 2.45) is 0 Å². The first-order valence-corrected chi connectivity index (χ1v) is 10.8. The third-order valence-electron chi connectivity index (χ3n) is 5.05. The van der Waals surface area contributed by atoms with Crippen LogP contribution < -0.4 is 11.2 Å². The molecule has 8 nitrogen and oxygen atoms in total. The number of aromatic amines is 1. The minimum absolute atomic E-state index is 0.0113. The van der Waals surface area contributed by atoms with Crippen LogP contribution in [-0.4, -0.2) is 33.5 Å². The minimum atomic E-state index is -0.781. The van der Waals surface area contributed by atoms with Crippen molar-refractivity contribution in [2.75, 3.05) is 0 Å². The maximum absolute atomic E-state index is 12.5.